The molecular weight excluding hydrogens is 378 g/mol. The van der Waals surface area contributed by atoms with E-state index in [-0.39, 0.29) is 24.4 Å². The summed E-state index contributed by atoms with van der Waals surface area (Å²) in [7, 11) is 0. The minimum atomic E-state index is -0.713. The molecule has 0 radical (unpaired) electrons. The van der Waals surface area contributed by atoms with Gasteiger partial charge in [0.05, 0.1) is 5.92 Å². The van der Waals surface area contributed by atoms with Gasteiger partial charge in [-0.15, -0.1) is 12.4 Å². The van der Waals surface area contributed by atoms with E-state index in [0.29, 0.717) is 37.6 Å². The lowest BCUT2D eigenvalue weighted by Gasteiger charge is -2.34. The van der Waals surface area contributed by atoms with Crippen LogP contribution in [0.1, 0.15) is 30.3 Å². The molecule has 1 unspecified atom stereocenters. The van der Waals surface area contributed by atoms with E-state index in [4.69, 9.17) is 4.52 Å². The maximum absolute atomic E-state index is 11.3. The highest BCUT2D eigenvalue weighted by Gasteiger charge is 2.33. The SMILES string of the molecule is Cl.O=C(O)C1CCN(C(c2ccccc2)c2nc(-c3ccccc3)no2)CC1. The van der Waals surface area contributed by atoms with E-state index in [1.165, 1.54) is 0 Å². The topological polar surface area (TPSA) is 79.5 Å². The number of benzene rings is 2. The Bertz CT molecular complexity index is 894. The van der Waals surface area contributed by atoms with E-state index in [2.05, 4.69) is 15.0 Å². The number of aliphatic carboxylic acids is 1. The van der Waals surface area contributed by atoms with Crippen LogP contribution in [0.4, 0.5) is 0 Å². The quantitative estimate of drug-likeness (QED) is 0.697. The Labute approximate surface area is 169 Å². The molecule has 28 heavy (non-hydrogen) atoms. The van der Waals surface area contributed by atoms with Crippen LogP contribution in [-0.2, 0) is 4.79 Å². The predicted octanol–water partition coefficient (Wildman–Crippen LogP) is 4.04. The first-order valence-electron chi connectivity index (χ1n) is 9.13. The van der Waals surface area contributed by atoms with Gasteiger partial charge in [0.25, 0.3) is 0 Å². The van der Waals surface area contributed by atoms with Gasteiger partial charge < -0.3 is 9.63 Å². The minimum absolute atomic E-state index is 0. The second-order valence-corrected chi connectivity index (χ2v) is 6.78. The van der Waals surface area contributed by atoms with Crippen LogP contribution in [0.15, 0.2) is 65.2 Å². The molecule has 1 fully saturated rings. The maximum atomic E-state index is 11.3. The number of aromatic nitrogens is 2. The van der Waals surface area contributed by atoms with E-state index in [1.54, 1.807) is 0 Å². The van der Waals surface area contributed by atoms with E-state index < -0.39 is 5.97 Å². The molecule has 0 bridgehead atoms. The number of piperidine rings is 1. The fourth-order valence-corrected chi connectivity index (χ4v) is 3.60. The van der Waals surface area contributed by atoms with E-state index in [0.717, 1.165) is 11.1 Å². The van der Waals surface area contributed by atoms with Crippen molar-refractivity contribution >= 4 is 18.4 Å². The van der Waals surface area contributed by atoms with Gasteiger partial charge in [-0.05, 0) is 18.4 Å². The summed E-state index contributed by atoms with van der Waals surface area (Å²) in [5, 5.41) is 13.4. The van der Waals surface area contributed by atoms with Gasteiger partial charge in [-0.1, -0.05) is 65.8 Å². The van der Waals surface area contributed by atoms with Gasteiger partial charge in [0.1, 0.15) is 6.04 Å². The molecule has 3 aromatic rings. The summed E-state index contributed by atoms with van der Waals surface area (Å²) in [6, 6.07) is 19.6. The molecule has 2 heterocycles. The molecule has 1 atom stereocenters. The average molecular weight is 400 g/mol. The van der Waals surface area contributed by atoms with Gasteiger partial charge in [-0.3, -0.25) is 9.69 Å². The van der Waals surface area contributed by atoms with Crippen molar-refractivity contribution < 1.29 is 14.4 Å². The Morgan fingerprint density at radius 1 is 1.04 bits per heavy atom. The molecular formula is C21H22ClN3O3. The fourth-order valence-electron chi connectivity index (χ4n) is 3.60. The number of likely N-dealkylation sites (tertiary alicyclic amines) is 1. The minimum Gasteiger partial charge on any atom is -0.481 e. The molecule has 1 N–H and O–H groups in total. The average Bonchev–Trinajstić information content (AvgIpc) is 3.20. The lowest BCUT2D eigenvalue weighted by molar-refractivity contribution is -0.143. The number of nitrogens with zero attached hydrogens (tertiary/aromatic N) is 3. The lowest BCUT2D eigenvalue weighted by Crippen LogP contribution is -2.39. The monoisotopic (exact) mass is 399 g/mol. The van der Waals surface area contributed by atoms with Gasteiger partial charge in [-0.2, -0.15) is 4.98 Å². The van der Waals surface area contributed by atoms with Crippen molar-refractivity contribution in [1.29, 1.82) is 0 Å². The van der Waals surface area contributed by atoms with Crippen molar-refractivity contribution in [3.8, 4) is 11.4 Å². The molecule has 1 aromatic heterocycles. The van der Waals surface area contributed by atoms with Crippen LogP contribution in [0, 0.1) is 5.92 Å². The summed E-state index contributed by atoms with van der Waals surface area (Å²) in [5.74, 6) is 0.107. The summed E-state index contributed by atoms with van der Waals surface area (Å²) < 4.78 is 5.64. The van der Waals surface area contributed by atoms with Crippen LogP contribution in [0.2, 0.25) is 0 Å². The molecule has 1 saturated heterocycles. The lowest BCUT2D eigenvalue weighted by atomic mass is 9.94. The Morgan fingerprint density at radius 3 is 2.25 bits per heavy atom. The molecule has 1 aliphatic rings. The zero-order valence-electron chi connectivity index (χ0n) is 15.3. The number of hydrogen-bond donors (Lipinski definition) is 1. The van der Waals surface area contributed by atoms with Gasteiger partial charge in [0, 0.05) is 18.7 Å². The van der Waals surface area contributed by atoms with Crippen molar-refractivity contribution in [2.45, 2.75) is 18.9 Å². The number of carboxylic acid groups (broad SMARTS) is 1. The number of carboxylic acids is 1. The standard InChI is InChI=1S/C21H21N3O3.ClH/c25-21(26)17-11-13-24(14-12-17)18(15-7-3-1-4-8-15)20-22-19(23-27-20)16-9-5-2-6-10-16;/h1-10,17-18H,11-14H2,(H,25,26);1H. The molecule has 2 aromatic carbocycles. The highest BCUT2D eigenvalue weighted by atomic mass is 35.5. The normalized spacial score (nSPS) is 16.3. The maximum Gasteiger partial charge on any atom is 0.306 e. The van der Waals surface area contributed by atoms with Crippen molar-refractivity contribution in [2.75, 3.05) is 13.1 Å². The first-order chi connectivity index (χ1) is 13.2. The largest absolute Gasteiger partial charge is 0.481 e. The zero-order valence-corrected chi connectivity index (χ0v) is 16.1. The van der Waals surface area contributed by atoms with Gasteiger partial charge in [0.2, 0.25) is 11.7 Å². The van der Waals surface area contributed by atoms with Gasteiger partial charge >= 0.3 is 5.97 Å². The molecule has 0 saturated carbocycles. The molecule has 0 aliphatic carbocycles. The van der Waals surface area contributed by atoms with E-state index in [1.807, 2.05) is 60.7 Å². The van der Waals surface area contributed by atoms with Crippen LogP contribution in [-0.4, -0.2) is 39.2 Å². The molecule has 1 aliphatic heterocycles. The van der Waals surface area contributed by atoms with Gasteiger partial charge in [0.15, 0.2) is 0 Å². The second-order valence-electron chi connectivity index (χ2n) is 6.78. The number of rotatable bonds is 5. The molecule has 146 valence electrons. The van der Waals surface area contributed by atoms with Crippen LogP contribution in [0.3, 0.4) is 0 Å². The van der Waals surface area contributed by atoms with Crippen molar-refractivity contribution in [2.24, 2.45) is 5.92 Å². The van der Waals surface area contributed by atoms with Crippen molar-refractivity contribution in [3.63, 3.8) is 0 Å². The Kier molecular flexibility index (Phi) is 6.44. The summed E-state index contributed by atoms with van der Waals surface area (Å²) in [5.41, 5.74) is 1.97. The summed E-state index contributed by atoms with van der Waals surface area (Å²) >= 11 is 0. The Morgan fingerprint density at radius 2 is 1.64 bits per heavy atom. The predicted molar refractivity (Wildman–Crippen MR) is 107 cm³/mol. The first kappa shape index (κ1) is 20.0. The molecule has 7 heteroatoms. The van der Waals surface area contributed by atoms with Crippen LogP contribution < -0.4 is 0 Å². The number of hydrogen-bond acceptors (Lipinski definition) is 5. The fraction of sp³-hybridized carbons (Fsp3) is 0.286. The van der Waals surface area contributed by atoms with Crippen molar-refractivity contribution in [1.82, 2.24) is 15.0 Å². The van der Waals surface area contributed by atoms with Crippen LogP contribution in [0.5, 0.6) is 0 Å². The van der Waals surface area contributed by atoms with E-state index >= 15 is 0 Å². The Hall–Kier alpha value is -2.70. The summed E-state index contributed by atoms with van der Waals surface area (Å²) in [6.07, 6.45) is 1.25. The number of halogens is 1. The third-order valence-electron chi connectivity index (χ3n) is 5.07. The Balaban J connectivity index is 0.00000225. The number of carbonyl (C=O) groups is 1. The molecule has 0 spiro atoms. The molecule has 0 amide bonds. The van der Waals surface area contributed by atoms with Crippen LogP contribution >= 0.6 is 12.4 Å². The first-order valence-corrected chi connectivity index (χ1v) is 9.13. The zero-order chi connectivity index (χ0) is 18.6. The third kappa shape index (κ3) is 4.24. The van der Waals surface area contributed by atoms with Crippen LogP contribution in [0.25, 0.3) is 11.4 Å². The van der Waals surface area contributed by atoms with E-state index in [9.17, 15) is 9.90 Å². The second kappa shape index (κ2) is 8.99. The molecule has 4 rings (SSSR count). The van der Waals surface area contributed by atoms with Crippen molar-refractivity contribution in [3.05, 3.63) is 72.1 Å². The highest BCUT2D eigenvalue weighted by molar-refractivity contribution is 5.85. The third-order valence-corrected chi connectivity index (χ3v) is 5.07. The smallest absolute Gasteiger partial charge is 0.306 e. The molecule has 6 nitrogen and oxygen atoms in total. The highest BCUT2D eigenvalue weighted by Crippen LogP contribution is 2.32. The van der Waals surface area contributed by atoms with Gasteiger partial charge in [-0.25, -0.2) is 0 Å². The summed E-state index contributed by atoms with van der Waals surface area (Å²) in [4.78, 5) is 18.2. The summed E-state index contributed by atoms with van der Waals surface area (Å²) in [6.45, 7) is 1.36.